The molecule has 1 heterocycles. The highest BCUT2D eigenvalue weighted by molar-refractivity contribution is 6.30. The van der Waals surface area contributed by atoms with Crippen LogP contribution in [-0.4, -0.2) is 30.8 Å². The molecule has 0 amide bonds. The Labute approximate surface area is 132 Å². The number of alkyl halides is 3. The molecule has 1 aliphatic heterocycles. The standard InChI is InChI=1S/C13H16ClF3N2O.ClH/c14-11-2-8(1-10(3-11)13(15,16)17)4-18-5-9-6-19-7-12(9)20;/h1-3,9,12,18-20H,4-7H2;1H. The van der Waals surface area contributed by atoms with E-state index in [-0.39, 0.29) is 29.9 Å². The topological polar surface area (TPSA) is 44.3 Å². The van der Waals surface area contributed by atoms with Crippen LogP contribution in [0.5, 0.6) is 0 Å². The molecule has 2 rings (SSSR count). The Kier molecular flexibility index (Phi) is 6.74. The zero-order chi connectivity index (χ0) is 14.8. The Bertz CT molecular complexity index is 471. The maximum absolute atomic E-state index is 12.6. The third kappa shape index (κ3) is 5.30. The molecule has 1 aromatic carbocycles. The number of hydrogen-bond donors (Lipinski definition) is 3. The Morgan fingerprint density at radius 3 is 2.57 bits per heavy atom. The van der Waals surface area contributed by atoms with Crippen LogP contribution in [0, 0.1) is 5.92 Å². The van der Waals surface area contributed by atoms with Gasteiger partial charge in [0.2, 0.25) is 0 Å². The van der Waals surface area contributed by atoms with Crippen LogP contribution in [0.1, 0.15) is 11.1 Å². The van der Waals surface area contributed by atoms with E-state index in [4.69, 9.17) is 11.6 Å². The van der Waals surface area contributed by atoms with Gasteiger partial charge < -0.3 is 15.7 Å². The molecule has 1 aliphatic rings. The van der Waals surface area contributed by atoms with Crippen molar-refractivity contribution in [3.63, 3.8) is 0 Å². The maximum atomic E-state index is 12.6. The molecule has 1 saturated heterocycles. The lowest BCUT2D eigenvalue weighted by Crippen LogP contribution is -2.30. The van der Waals surface area contributed by atoms with Crippen molar-refractivity contribution < 1.29 is 18.3 Å². The summed E-state index contributed by atoms with van der Waals surface area (Å²) in [5, 5.41) is 15.8. The summed E-state index contributed by atoms with van der Waals surface area (Å²) >= 11 is 5.71. The zero-order valence-corrected chi connectivity index (χ0v) is 12.7. The lowest BCUT2D eigenvalue weighted by atomic mass is 10.1. The first-order valence-electron chi connectivity index (χ1n) is 6.32. The highest BCUT2D eigenvalue weighted by atomic mass is 35.5. The fourth-order valence-corrected chi connectivity index (χ4v) is 2.50. The third-order valence-corrected chi connectivity index (χ3v) is 3.54. The molecule has 3 nitrogen and oxygen atoms in total. The monoisotopic (exact) mass is 344 g/mol. The summed E-state index contributed by atoms with van der Waals surface area (Å²) in [6.07, 6.45) is -4.81. The van der Waals surface area contributed by atoms with Gasteiger partial charge in [-0.1, -0.05) is 11.6 Å². The Morgan fingerprint density at radius 1 is 1.29 bits per heavy atom. The second-order valence-electron chi connectivity index (χ2n) is 4.96. The molecular formula is C13H17Cl2F3N2O. The first-order chi connectivity index (χ1) is 9.36. The SMILES string of the molecule is Cl.OC1CNCC1CNCc1cc(Cl)cc(C(F)(F)F)c1. The normalized spacial score (nSPS) is 22.1. The van der Waals surface area contributed by atoms with Crippen molar-refractivity contribution >= 4 is 24.0 Å². The minimum Gasteiger partial charge on any atom is -0.391 e. The second kappa shape index (κ2) is 7.65. The van der Waals surface area contributed by atoms with E-state index in [9.17, 15) is 18.3 Å². The highest BCUT2D eigenvalue weighted by Gasteiger charge is 2.31. The summed E-state index contributed by atoms with van der Waals surface area (Å²) < 4.78 is 37.9. The average Bonchev–Trinajstić information content (AvgIpc) is 2.73. The summed E-state index contributed by atoms with van der Waals surface area (Å²) in [6.45, 7) is 2.09. The summed E-state index contributed by atoms with van der Waals surface area (Å²) in [6, 6.07) is 3.50. The molecule has 0 saturated carbocycles. The number of halogens is 5. The predicted octanol–water partition coefficient (Wildman–Crippen LogP) is 2.45. The van der Waals surface area contributed by atoms with E-state index in [0.29, 0.717) is 25.2 Å². The fraction of sp³-hybridized carbons (Fsp3) is 0.538. The van der Waals surface area contributed by atoms with E-state index in [1.165, 1.54) is 6.07 Å². The Hall–Kier alpha value is -0.530. The molecule has 2 unspecified atom stereocenters. The molecule has 0 aromatic heterocycles. The lowest BCUT2D eigenvalue weighted by molar-refractivity contribution is -0.137. The van der Waals surface area contributed by atoms with Crippen LogP contribution in [0.15, 0.2) is 18.2 Å². The number of nitrogens with one attached hydrogen (secondary N) is 2. The van der Waals surface area contributed by atoms with E-state index in [2.05, 4.69) is 10.6 Å². The van der Waals surface area contributed by atoms with Gasteiger partial charge in [-0.15, -0.1) is 12.4 Å². The lowest BCUT2D eigenvalue weighted by Gasteiger charge is -2.15. The van der Waals surface area contributed by atoms with Crippen LogP contribution >= 0.6 is 24.0 Å². The molecular weight excluding hydrogens is 328 g/mol. The van der Waals surface area contributed by atoms with Crippen LogP contribution < -0.4 is 10.6 Å². The van der Waals surface area contributed by atoms with Gasteiger partial charge >= 0.3 is 6.18 Å². The van der Waals surface area contributed by atoms with E-state index >= 15 is 0 Å². The van der Waals surface area contributed by atoms with E-state index in [1.54, 1.807) is 0 Å². The molecule has 0 radical (unpaired) electrons. The largest absolute Gasteiger partial charge is 0.416 e. The minimum absolute atomic E-state index is 0. The average molecular weight is 345 g/mol. The van der Waals surface area contributed by atoms with Gasteiger partial charge in [0, 0.05) is 37.1 Å². The van der Waals surface area contributed by atoms with Gasteiger partial charge in [-0.2, -0.15) is 13.2 Å². The molecule has 0 spiro atoms. The third-order valence-electron chi connectivity index (χ3n) is 3.32. The van der Waals surface area contributed by atoms with E-state index in [0.717, 1.165) is 12.1 Å². The summed E-state index contributed by atoms with van der Waals surface area (Å²) in [4.78, 5) is 0. The van der Waals surface area contributed by atoms with Crippen molar-refractivity contribution in [2.75, 3.05) is 19.6 Å². The quantitative estimate of drug-likeness (QED) is 0.786. The summed E-state index contributed by atoms with van der Waals surface area (Å²) in [7, 11) is 0. The van der Waals surface area contributed by atoms with Crippen LogP contribution in [0.4, 0.5) is 13.2 Å². The number of aliphatic hydroxyl groups excluding tert-OH is 1. The number of rotatable bonds is 4. The number of hydrogen-bond acceptors (Lipinski definition) is 3. The van der Waals surface area contributed by atoms with Gasteiger partial charge in [-0.05, 0) is 23.8 Å². The van der Waals surface area contributed by atoms with Crippen molar-refractivity contribution in [2.45, 2.75) is 18.8 Å². The van der Waals surface area contributed by atoms with Crippen LogP contribution in [-0.2, 0) is 12.7 Å². The van der Waals surface area contributed by atoms with Crippen molar-refractivity contribution in [1.82, 2.24) is 10.6 Å². The Morgan fingerprint density at radius 2 is 2.00 bits per heavy atom. The summed E-state index contributed by atoms with van der Waals surface area (Å²) in [5.41, 5.74) is -0.269. The van der Waals surface area contributed by atoms with Crippen molar-refractivity contribution in [2.24, 2.45) is 5.92 Å². The molecule has 1 aromatic rings. The van der Waals surface area contributed by atoms with Gasteiger partial charge in [-0.25, -0.2) is 0 Å². The Balaban J connectivity index is 0.00000220. The zero-order valence-electron chi connectivity index (χ0n) is 11.1. The molecule has 2 atom stereocenters. The molecule has 0 aliphatic carbocycles. The number of aliphatic hydroxyl groups is 1. The van der Waals surface area contributed by atoms with Crippen molar-refractivity contribution in [1.29, 1.82) is 0 Å². The van der Waals surface area contributed by atoms with Gasteiger partial charge in [0.1, 0.15) is 0 Å². The predicted molar refractivity (Wildman–Crippen MR) is 77.8 cm³/mol. The van der Waals surface area contributed by atoms with Crippen molar-refractivity contribution in [3.05, 3.63) is 34.3 Å². The van der Waals surface area contributed by atoms with Gasteiger partial charge in [0.15, 0.2) is 0 Å². The minimum atomic E-state index is -4.40. The van der Waals surface area contributed by atoms with E-state index < -0.39 is 17.8 Å². The molecule has 1 fully saturated rings. The number of benzene rings is 1. The molecule has 21 heavy (non-hydrogen) atoms. The number of β-amino-alcohol motifs (C(OH)–C–C–N with tert-alkyl or cyclic N) is 1. The maximum Gasteiger partial charge on any atom is 0.416 e. The second-order valence-corrected chi connectivity index (χ2v) is 5.40. The van der Waals surface area contributed by atoms with E-state index in [1.807, 2.05) is 0 Å². The van der Waals surface area contributed by atoms with Crippen molar-refractivity contribution in [3.8, 4) is 0 Å². The van der Waals surface area contributed by atoms with Gasteiger partial charge in [-0.3, -0.25) is 0 Å². The van der Waals surface area contributed by atoms with Gasteiger partial charge in [0.05, 0.1) is 11.7 Å². The van der Waals surface area contributed by atoms with Crippen LogP contribution in [0.2, 0.25) is 5.02 Å². The molecule has 8 heteroatoms. The molecule has 3 N–H and O–H groups in total. The first kappa shape index (κ1) is 18.5. The first-order valence-corrected chi connectivity index (χ1v) is 6.70. The van der Waals surface area contributed by atoms with Crippen LogP contribution in [0.3, 0.4) is 0 Å². The fourth-order valence-electron chi connectivity index (χ4n) is 2.25. The van der Waals surface area contributed by atoms with Crippen LogP contribution in [0.25, 0.3) is 0 Å². The summed E-state index contributed by atoms with van der Waals surface area (Å²) in [5.74, 6) is 0.0799. The molecule has 120 valence electrons. The smallest absolute Gasteiger partial charge is 0.391 e. The molecule has 0 bridgehead atoms. The highest BCUT2D eigenvalue weighted by Crippen LogP contribution is 2.31. The van der Waals surface area contributed by atoms with Gasteiger partial charge in [0.25, 0.3) is 0 Å².